The molecule has 0 bridgehead atoms. The summed E-state index contributed by atoms with van der Waals surface area (Å²) in [6.07, 6.45) is 3.34. The van der Waals surface area contributed by atoms with Crippen LogP contribution >= 0.6 is 11.3 Å². The molecule has 9 rings (SSSR count). The van der Waals surface area contributed by atoms with Crippen LogP contribution in [0.3, 0.4) is 0 Å². The number of benzene rings is 7. The molecule has 5 nitrogen and oxygen atoms in total. The first kappa shape index (κ1) is 40.2. The van der Waals surface area contributed by atoms with Crippen molar-refractivity contribution >= 4 is 21.4 Å². The first-order valence-electron chi connectivity index (χ1n) is 21.4. The number of fused-ring (bicyclic) bond motifs is 1. The van der Waals surface area contributed by atoms with E-state index in [0.717, 1.165) is 48.9 Å². The average molecular weight is 821 g/mol. The summed E-state index contributed by atoms with van der Waals surface area (Å²) in [6.45, 7) is 4.91. The first-order valence-corrected chi connectivity index (χ1v) is 22.2. The summed E-state index contributed by atoms with van der Waals surface area (Å²) in [5.74, 6) is 2.68. The van der Waals surface area contributed by atoms with Gasteiger partial charge in [0, 0.05) is 28.2 Å². The molecular weight excluding hydrogens is 769 g/mol. The van der Waals surface area contributed by atoms with E-state index in [9.17, 15) is 0 Å². The van der Waals surface area contributed by atoms with E-state index >= 15 is 0 Å². The quantitative estimate of drug-likeness (QED) is 0.0732. The number of methoxy groups -OCH3 is 1. The molecule has 1 aromatic heterocycles. The summed E-state index contributed by atoms with van der Waals surface area (Å²) >= 11 is 1.82. The standard InChI is InChI=1S/C55H52N2O3S/c1-58-52-37-42(24-25-44(52)39-57-33-14-15-34-57)36-51-50-31-30-49(60-40-41-16-6-2-7-17-41)38-53(50)61-54(51)43-26-28-48(29-27-43)59-35-32-56-55(45-18-8-3-9-19-45,46-20-10-4-11-21-46)47-22-12-5-13-23-47/h2-13,16-31,37-38,56H,14-15,32-36,39-40H2,1H3. The van der Waals surface area contributed by atoms with E-state index in [1.807, 2.05) is 17.4 Å². The second kappa shape index (κ2) is 19.0. The van der Waals surface area contributed by atoms with E-state index in [2.05, 4.69) is 186 Å². The van der Waals surface area contributed by atoms with Crippen molar-refractivity contribution in [3.05, 3.63) is 221 Å². The Morgan fingerprint density at radius 3 is 1.84 bits per heavy atom. The van der Waals surface area contributed by atoms with Crippen LogP contribution in [0.4, 0.5) is 0 Å². The van der Waals surface area contributed by atoms with Crippen molar-refractivity contribution in [3.63, 3.8) is 0 Å². The van der Waals surface area contributed by atoms with Crippen LogP contribution < -0.4 is 19.5 Å². The Hall–Kier alpha value is -6.18. The van der Waals surface area contributed by atoms with Crippen LogP contribution in [0.2, 0.25) is 0 Å². The van der Waals surface area contributed by atoms with Gasteiger partial charge in [0.15, 0.2) is 0 Å². The van der Waals surface area contributed by atoms with Crippen LogP contribution in [0.1, 0.15) is 51.8 Å². The molecule has 0 saturated carbocycles. The van der Waals surface area contributed by atoms with Crippen molar-refractivity contribution in [2.45, 2.75) is 38.0 Å². The fraction of sp³-hybridized carbons (Fsp3) is 0.200. The molecule has 0 aliphatic carbocycles. The topological polar surface area (TPSA) is 43.0 Å². The molecule has 61 heavy (non-hydrogen) atoms. The molecule has 1 aliphatic rings. The molecule has 0 amide bonds. The SMILES string of the molecule is COc1cc(Cc2c(-c3ccc(OCCNC(c4ccccc4)(c4ccccc4)c4ccccc4)cc3)sc3cc(OCc4ccccc4)ccc23)ccc1CN1CCCC1. The van der Waals surface area contributed by atoms with E-state index in [4.69, 9.17) is 14.2 Å². The maximum absolute atomic E-state index is 6.46. The zero-order valence-corrected chi connectivity index (χ0v) is 35.6. The highest BCUT2D eigenvalue weighted by molar-refractivity contribution is 7.22. The molecule has 8 aromatic rings. The van der Waals surface area contributed by atoms with Gasteiger partial charge in [0.05, 0.1) is 12.6 Å². The molecule has 6 heteroatoms. The fourth-order valence-electron chi connectivity index (χ4n) is 8.77. The van der Waals surface area contributed by atoms with Crippen LogP contribution in [0.15, 0.2) is 182 Å². The third-order valence-corrected chi connectivity index (χ3v) is 13.1. The number of thiophene rings is 1. The van der Waals surface area contributed by atoms with Crippen LogP contribution in [0.5, 0.6) is 17.2 Å². The van der Waals surface area contributed by atoms with E-state index in [-0.39, 0.29) is 0 Å². The maximum Gasteiger partial charge on any atom is 0.123 e. The predicted octanol–water partition coefficient (Wildman–Crippen LogP) is 12.3. The molecule has 0 unspecified atom stereocenters. The van der Waals surface area contributed by atoms with Gasteiger partial charge in [-0.15, -0.1) is 11.3 Å². The summed E-state index contributed by atoms with van der Waals surface area (Å²) in [6, 6.07) is 64.4. The summed E-state index contributed by atoms with van der Waals surface area (Å²) in [4.78, 5) is 3.78. The number of ether oxygens (including phenoxy) is 3. The molecule has 1 N–H and O–H groups in total. The van der Waals surface area contributed by atoms with Crippen molar-refractivity contribution in [2.24, 2.45) is 0 Å². The second-order valence-corrected chi connectivity index (χ2v) is 16.8. The Kier molecular flexibility index (Phi) is 12.6. The third kappa shape index (κ3) is 9.13. The van der Waals surface area contributed by atoms with Gasteiger partial charge in [0.2, 0.25) is 0 Å². The molecule has 1 saturated heterocycles. The van der Waals surface area contributed by atoms with E-state index in [1.54, 1.807) is 7.11 Å². The smallest absolute Gasteiger partial charge is 0.123 e. The van der Waals surface area contributed by atoms with Crippen molar-refractivity contribution in [1.29, 1.82) is 0 Å². The van der Waals surface area contributed by atoms with Crippen LogP contribution in [-0.2, 0) is 25.1 Å². The van der Waals surface area contributed by atoms with E-state index in [1.165, 1.54) is 66.7 Å². The predicted molar refractivity (Wildman–Crippen MR) is 251 cm³/mol. The highest BCUT2D eigenvalue weighted by atomic mass is 32.1. The third-order valence-electron chi connectivity index (χ3n) is 11.8. The van der Waals surface area contributed by atoms with Gasteiger partial charge in [-0.3, -0.25) is 10.2 Å². The maximum atomic E-state index is 6.46. The molecule has 1 aliphatic heterocycles. The molecule has 0 spiro atoms. The molecule has 2 heterocycles. The van der Waals surface area contributed by atoms with Gasteiger partial charge in [-0.2, -0.15) is 0 Å². The normalized spacial score (nSPS) is 13.1. The Bertz CT molecular complexity index is 2530. The largest absolute Gasteiger partial charge is 0.496 e. The van der Waals surface area contributed by atoms with Crippen LogP contribution in [0, 0.1) is 0 Å². The summed E-state index contributed by atoms with van der Waals surface area (Å²) in [5, 5.41) is 5.19. The van der Waals surface area contributed by atoms with Crippen molar-refractivity contribution in [2.75, 3.05) is 33.4 Å². The Balaban J connectivity index is 0.963. The van der Waals surface area contributed by atoms with E-state index in [0.29, 0.717) is 19.8 Å². The Labute approximate surface area is 364 Å². The van der Waals surface area contributed by atoms with E-state index < -0.39 is 5.54 Å². The summed E-state index contributed by atoms with van der Waals surface area (Å²) in [5.41, 5.74) is 9.12. The van der Waals surface area contributed by atoms with Gasteiger partial charge in [-0.25, -0.2) is 0 Å². The minimum atomic E-state index is -0.542. The van der Waals surface area contributed by atoms with Gasteiger partial charge in [-0.1, -0.05) is 133 Å². The molecule has 0 radical (unpaired) electrons. The molecule has 1 fully saturated rings. The lowest BCUT2D eigenvalue weighted by Crippen LogP contribution is -2.46. The fourth-order valence-corrected chi connectivity index (χ4v) is 10.0. The lowest BCUT2D eigenvalue weighted by molar-refractivity contribution is 0.297. The van der Waals surface area contributed by atoms with Crippen LogP contribution in [0.25, 0.3) is 20.5 Å². The zero-order chi connectivity index (χ0) is 41.3. The lowest BCUT2D eigenvalue weighted by atomic mass is 9.77. The Morgan fingerprint density at radius 2 is 1.21 bits per heavy atom. The molecule has 0 atom stereocenters. The van der Waals surface area contributed by atoms with Crippen molar-refractivity contribution in [3.8, 4) is 27.7 Å². The number of nitrogens with one attached hydrogen (secondary N) is 1. The Morgan fingerprint density at radius 1 is 0.607 bits per heavy atom. The van der Waals surface area contributed by atoms with Crippen molar-refractivity contribution in [1.82, 2.24) is 10.2 Å². The second-order valence-electron chi connectivity index (χ2n) is 15.8. The monoisotopic (exact) mass is 820 g/mol. The minimum absolute atomic E-state index is 0.503. The number of rotatable bonds is 17. The van der Waals surface area contributed by atoms with Gasteiger partial charge in [0.1, 0.15) is 30.5 Å². The van der Waals surface area contributed by atoms with Gasteiger partial charge < -0.3 is 14.2 Å². The molecule has 7 aromatic carbocycles. The minimum Gasteiger partial charge on any atom is -0.496 e. The summed E-state index contributed by atoms with van der Waals surface area (Å²) < 4.78 is 19.9. The molecule has 306 valence electrons. The first-order chi connectivity index (χ1) is 30.2. The summed E-state index contributed by atoms with van der Waals surface area (Å²) in [7, 11) is 1.79. The van der Waals surface area contributed by atoms with Crippen LogP contribution in [-0.4, -0.2) is 38.3 Å². The average Bonchev–Trinajstić information content (AvgIpc) is 3.98. The highest BCUT2D eigenvalue weighted by Gasteiger charge is 2.35. The van der Waals surface area contributed by atoms with Gasteiger partial charge >= 0.3 is 0 Å². The highest BCUT2D eigenvalue weighted by Crippen LogP contribution is 2.42. The number of likely N-dealkylation sites (tertiary alicyclic amines) is 1. The molecular formula is C55H52N2O3S. The number of nitrogens with zero attached hydrogens (tertiary/aromatic N) is 1. The number of hydrogen-bond acceptors (Lipinski definition) is 6. The van der Waals surface area contributed by atoms with Gasteiger partial charge in [0.25, 0.3) is 0 Å². The lowest BCUT2D eigenvalue weighted by Gasteiger charge is -2.37. The van der Waals surface area contributed by atoms with Crippen molar-refractivity contribution < 1.29 is 14.2 Å². The number of hydrogen-bond donors (Lipinski definition) is 1. The van der Waals surface area contributed by atoms with Gasteiger partial charge in [-0.05, 0) is 125 Å². The zero-order valence-electron chi connectivity index (χ0n) is 34.8.